The van der Waals surface area contributed by atoms with Gasteiger partial charge in [0, 0.05) is 4.70 Å². The van der Waals surface area contributed by atoms with Crippen LogP contribution in [-0.4, -0.2) is 5.11 Å². The van der Waals surface area contributed by atoms with Gasteiger partial charge >= 0.3 is 0 Å². The Bertz CT molecular complexity index is 731. The Morgan fingerprint density at radius 3 is 2.60 bits per heavy atom. The van der Waals surface area contributed by atoms with Crippen molar-refractivity contribution in [3.63, 3.8) is 0 Å². The third-order valence-corrected chi connectivity index (χ3v) is 5.28. The summed E-state index contributed by atoms with van der Waals surface area (Å²) >= 11 is 1.72. The molecule has 0 saturated heterocycles. The maximum atomic E-state index is 10.7. The first-order valence-corrected chi connectivity index (χ1v) is 7.91. The molecule has 1 aliphatic carbocycles. The lowest BCUT2D eigenvalue weighted by molar-refractivity contribution is 0.153. The number of hydrogen-bond acceptors (Lipinski definition) is 2. The van der Waals surface area contributed by atoms with E-state index in [2.05, 4.69) is 47.8 Å². The summed E-state index contributed by atoms with van der Waals surface area (Å²) in [4.78, 5) is 0. The van der Waals surface area contributed by atoms with E-state index in [0.29, 0.717) is 11.8 Å². The number of aliphatic hydroxyl groups excluding tert-OH is 1. The van der Waals surface area contributed by atoms with Crippen LogP contribution in [0.2, 0.25) is 0 Å². The summed E-state index contributed by atoms with van der Waals surface area (Å²) in [6, 6.07) is 18.9. The largest absolute Gasteiger partial charge is 0.388 e. The number of rotatable bonds is 3. The monoisotopic (exact) mass is 280 g/mol. The van der Waals surface area contributed by atoms with Crippen molar-refractivity contribution in [2.24, 2.45) is 5.92 Å². The second kappa shape index (κ2) is 4.72. The maximum Gasteiger partial charge on any atom is 0.0838 e. The van der Waals surface area contributed by atoms with Crippen molar-refractivity contribution in [3.05, 3.63) is 71.1 Å². The minimum atomic E-state index is -0.337. The zero-order valence-corrected chi connectivity index (χ0v) is 11.9. The van der Waals surface area contributed by atoms with Crippen LogP contribution in [0.5, 0.6) is 0 Å². The predicted octanol–water partition coefficient (Wildman–Crippen LogP) is 4.74. The Labute approximate surface area is 122 Å². The van der Waals surface area contributed by atoms with E-state index < -0.39 is 0 Å². The van der Waals surface area contributed by atoms with Gasteiger partial charge in [-0.3, -0.25) is 0 Å². The fraction of sp³-hybridized carbons (Fsp3) is 0.222. The second-order valence-electron chi connectivity index (χ2n) is 5.55. The molecule has 2 aromatic carbocycles. The van der Waals surface area contributed by atoms with Crippen molar-refractivity contribution in [3.8, 4) is 0 Å². The van der Waals surface area contributed by atoms with Crippen LogP contribution in [0.15, 0.2) is 60.0 Å². The maximum absolute atomic E-state index is 10.7. The van der Waals surface area contributed by atoms with Crippen LogP contribution >= 0.6 is 11.3 Å². The van der Waals surface area contributed by atoms with Crippen molar-refractivity contribution < 1.29 is 5.11 Å². The Hall–Kier alpha value is -1.64. The second-order valence-corrected chi connectivity index (χ2v) is 6.46. The molecule has 100 valence electrons. The highest BCUT2D eigenvalue weighted by Crippen LogP contribution is 2.55. The van der Waals surface area contributed by atoms with Gasteiger partial charge < -0.3 is 5.11 Å². The van der Waals surface area contributed by atoms with Gasteiger partial charge in [-0.2, -0.15) is 0 Å². The quantitative estimate of drug-likeness (QED) is 0.735. The SMILES string of the molecule is OC(c1csc2ccccc12)C1CC1c1ccccc1. The first-order valence-electron chi connectivity index (χ1n) is 7.04. The number of hydrogen-bond donors (Lipinski definition) is 1. The van der Waals surface area contributed by atoms with Gasteiger partial charge in [0.2, 0.25) is 0 Å². The van der Waals surface area contributed by atoms with Crippen LogP contribution in [0.3, 0.4) is 0 Å². The van der Waals surface area contributed by atoms with E-state index in [1.807, 2.05) is 12.1 Å². The zero-order chi connectivity index (χ0) is 13.5. The molecule has 1 saturated carbocycles. The molecule has 3 unspecified atom stereocenters. The molecule has 0 spiro atoms. The van der Waals surface area contributed by atoms with Crippen LogP contribution in [0.4, 0.5) is 0 Å². The van der Waals surface area contributed by atoms with Gasteiger partial charge in [-0.1, -0.05) is 48.5 Å². The van der Waals surface area contributed by atoms with Crippen LogP contribution in [0.25, 0.3) is 10.1 Å². The lowest BCUT2D eigenvalue weighted by atomic mass is 10.0. The summed E-state index contributed by atoms with van der Waals surface area (Å²) in [6.07, 6.45) is 0.756. The third kappa shape index (κ3) is 1.96. The van der Waals surface area contributed by atoms with E-state index >= 15 is 0 Å². The summed E-state index contributed by atoms with van der Waals surface area (Å²) in [6.45, 7) is 0. The fourth-order valence-corrected chi connectivity index (χ4v) is 4.10. The molecule has 2 heteroatoms. The fourth-order valence-electron chi connectivity index (χ4n) is 3.11. The number of benzene rings is 2. The molecular formula is C18H16OS. The molecule has 3 aromatic rings. The number of fused-ring (bicyclic) bond motifs is 1. The molecule has 0 aliphatic heterocycles. The van der Waals surface area contributed by atoms with Crippen molar-refractivity contribution in [2.75, 3.05) is 0 Å². The number of aliphatic hydroxyl groups is 1. The first kappa shape index (κ1) is 12.1. The van der Waals surface area contributed by atoms with Gasteiger partial charge in [0.25, 0.3) is 0 Å². The topological polar surface area (TPSA) is 20.2 Å². The average molecular weight is 280 g/mol. The van der Waals surface area contributed by atoms with Gasteiger partial charge in [0.15, 0.2) is 0 Å². The Kier molecular flexibility index (Phi) is 2.86. The van der Waals surface area contributed by atoms with E-state index in [-0.39, 0.29) is 6.10 Å². The van der Waals surface area contributed by atoms with E-state index in [4.69, 9.17) is 0 Å². The molecule has 3 atom stereocenters. The summed E-state index contributed by atoms with van der Waals surface area (Å²) < 4.78 is 1.26. The molecule has 1 nitrogen and oxygen atoms in total. The highest BCUT2D eigenvalue weighted by molar-refractivity contribution is 7.17. The molecule has 20 heavy (non-hydrogen) atoms. The summed E-state index contributed by atoms with van der Waals surface area (Å²) in [5, 5.41) is 14.0. The van der Waals surface area contributed by atoms with Crippen molar-refractivity contribution >= 4 is 21.4 Å². The van der Waals surface area contributed by atoms with Gasteiger partial charge in [-0.25, -0.2) is 0 Å². The van der Waals surface area contributed by atoms with Crippen LogP contribution in [0.1, 0.15) is 29.6 Å². The standard InChI is InChI=1S/C18H16OS/c19-18(15-10-14(15)12-6-2-1-3-7-12)16-11-20-17-9-5-4-8-13(16)17/h1-9,11,14-15,18-19H,10H2. The smallest absolute Gasteiger partial charge is 0.0838 e. The molecule has 1 aliphatic rings. The highest BCUT2D eigenvalue weighted by atomic mass is 32.1. The van der Waals surface area contributed by atoms with Crippen molar-refractivity contribution in [2.45, 2.75) is 18.4 Å². The molecule has 4 rings (SSSR count). The third-order valence-electron chi connectivity index (χ3n) is 4.30. The lowest BCUT2D eigenvalue weighted by Gasteiger charge is -2.10. The van der Waals surface area contributed by atoms with Gasteiger partial charge in [-0.15, -0.1) is 11.3 Å². The minimum Gasteiger partial charge on any atom is -0.388 e. The Balaban J connectivity index is 1.61. The Morgan fingerprint density at radius 1 is 1.00 bits per heavy atom. The van der Waals surface area contributed by atoms with Crippen molar-refractivity contribution in [1.82, 2.24) is 0 Å². The highest BCUT2D eigenvalue weighted by Gasteiger charge is 2.44. The molecule has 1 fully saturated rings. The van der Waals surface area contributed by atoms with Crippen LogP contribution < -0.4 is 0 Å². The molecule has 1 heterocycles. The molecular weight excluding hydrogens is 264 g/mol. The summed E-state index contributed by atoms with van der Waals surface area (Å²) in [5.74, 6) is 0.889. The zero-order valence-electron chi connectivity index (χ0n) is 11.1. The van der Waals surface area contributed by atoms with E-state index in [9.17, 15) is 5.11 Å². The van der Waals surface area contributed by atoms with Gasteiger partial charge in [-0.05, 0) is 46.2 Å². The normalized spacial score (nSPS) is 22.9. The molecule has 1 N–H and O–H groups in total. The van der Waals surface area contributed by atoms with Gasteiger partial charge in [0.1, 0.15) is 0 Å². The average Bonchev–Trinajstić information content (AvgIpc) is 3.20. The van der Waals surface area contributed by atoms with E-state index in [1.165, 1.54) is 15.6 Å². The van der Waals surface area contributed by atoms with E-state index in [1.54, 1.807) is 11.3 Å². The molecule has 0 bridgehead atoms. The molecule has 0 amide bonds. The molecule has 1 aromatic heterocycles. The summed E-state index contributed by atoms with van der Waals surface area (Å²) in [7, 11) is 0. The molecule has 0 radical (unpaired) electrons. The van der Waals surface area contributed by atoms with E-state index in [0.717, 1.165) is 12.0 Å². The Morgan fingerprint density at radius 2 is 1.75 bits per heavy atom. The lowest BCUT2D eigenvalue weighted by Crippen LogP contribution is -2.00. The van der Waals surface area contributed by atoms with Gasteiger partial charge in [0.05, 0.1) is 6.10 Å². The summed E-state index contributed by atoms with van der Waals surface area (Å²) in [5.41, 5.74) is 2.46. The number of thiophene rings is 1. The first-order chi connectivity index (χ1) is 9.84. The minimum absolute atomic E-state index is 0.337. The van der Waals surface area contributed by atoms with Crippen LogP contribution in [0, 0.1) is 5.92 Å². The van der Waals surface area contributed by atoms with Crippen LogP contribution in [-0.2, 0) is 0 Å². The van der Waals surface area contributed by atoms with Crippen molar-refractivity contribution in [1.29, 1.82) is 0 Å². The predicted molar refractivity (Wildman–Crippen MR) is 84.1 cm³/mol.